The third-order valence-electron chi connectivity index (χ3n) is 5.55. The summed E-state index contributed by atoms with van der Waals surface area (Å²) in [4.78, 5) is 22.3. The maximum absolute atomic E-state index is 13.1. The van der Waals surface area contributed by atoms with Crippen LogP contribution < -0.4 is 4.90 Å². The zero-order chi connectivity index (χ0) is 17.1. The molecule has 3 heterocycles. The number of piperidine rings is 1. The molecular weight excluding hydrogens is 310 g/mol. The molecule has 0 N–H and O–H groups in total. The van der Waals surface area contributed by atoms with Crippen LogP contribution in [0.5, 0.6) is 0 Å². The topological polar surface area (TPSA) is 36.4 Å². The van der Waals surface area contributed by atoms with Gasteiger partial charge < -0.3 is 9.80 Å². The minimum Gasteiger partial charge on any atom is -0.356 e. The molecule has 0 unspecified atom stereocenters. The van der Waals surface area contributed by atoms with Crippen LogP contribution in [0.25, 0.3) is 10.8 Å². The van der Waals surface area contributed by atoms with Crippen LogP contribution in [0.2, 0.25) is 0 Å². The van der Waals surface area contributed by atoms with Crippen LogP contribution in [0, 0.1) is 0 Å². The predicted octanol–water partition coefficient (Wildman–Crippen LogP) is 4.24. The fraction of sp³-hybridized carbons (Fsp3) is 0.524. The molecule has 2 saturated heterocycles. The van der Waals surface area contributed by atoms with Gasteiger partial charge in [0, 0.05) is 37.8 Å². The lowest BCUT2D eigenvalue weighted by molar-refractivity contribution is 0.0763. The van der Waals surface area contributed by atoms with Crippen LogP contribution in [-0.4, -0.2) is 42.0 Å². The monoisotopic (exact) mass is 337 g/mol. The quantitative estimate of drug-likeness (QED) is 0.822. The van der Waals surface area contributed by atoms with Crippen LogP contribution in [0.4, 0.5) is 5.82 Å². The van der Waals surface area contributed by atoms with Crippen molar-refractivity contribution >= 4 is 22.5 Å². The van der Waals surface area contributed by atoms with Gasteiger partial charge in [0.05, 0.1) is 5.56 Å². The van der Waals surface area contributed by atoms with Crippen LogP contribution in [-0.2, 0) is 0 Å². The second kappa shape index (κ2) is 7.42. The molecule has 0 atom stereocenters. The Kier molecular flexibility index (Phi) is 4.86. The molecule has 2 aliphatic heterocycles. The maximum atomic E-state index is 13.1. The number of hydrogen-bond donors (Lipinski definition) is 0. The standard InChI is InChI=1S/C21H27N3O/c25-21(24-14-6-1-2-7-15-24)19-16-22-20(23-12-8-3-9-13-23)18-11-5-4-10-17(18)19/h4-5,10-11,16H,1-3,6-9,12-15H2. The minimum atomic E-state index is 0.149. The maximum Gasteiger partial charge on any atom is 0.256 e. The number of fused-ring (bicyclic) bond motifs is 1. The number of hydrogen-bond acceptors (Lipinski definition) is 3. The molecule has 0 radical (unpaired) electrons. The molecule has 0 saturated carbocycles. The van der Waals surface area contributed by atoms with Crippen molar-refractivity contribution in [3.63, 3.8) is 0 Å². The molecule has 132 valence electrons. The Morgan fingerprint density at radius 3 is 2.12 bits per heavy atom. The van der Waals surface area contributed by atoms with E-state index in [-0.39, 0.29) is 5.91 Å². The molecule has 1 amide bonds. The first-order valence-corrected chi connectivity index (χ1v) is 9.76. The highest BCUT2D eigenvalue weighted by Gasteiger charge is 2.22. The van der Waals surface area contributed by atoms with E-state index in [1.807, 2.05) is 17.2 Å². The lowest BCUT2D eigenvalue weighted by Gasteiger charge is -2.29. The van der Waals surface area contributed by atoms with Crippen molar-refractivity contribution in [1.82, 2.24) is 9.88 Å². The summed E-state index contributed by atoms with van der Waals surface area (Å²) >= 11 is 0. The molecule has 2 fully saturated rings. The van der Waals surface area contributed by atoms with Gasteiger partial charge in [-0.1, -0.05) is 37.1 Å². The van der Waals surface area contributed by atoms with E-state index in [0.717, 1.165) is 61.2 Å². The van der Waals surface area contributed by atoms with E-state index in [4.69, 9.17) is 4.98 Å². The number of rotatable bonds is 2. The van der Waals surface area contributed by atoms with Crippen molar-refractivity contribution in [3.05, 3.63) is 36.0 Å². The Labute approximate surface area is 149 Å². The highest BCUT2D eigenvalue weighted by atomic mass is 16.2. The smallest absolute Gasteiger partial charge is 0.256 e. The van der Waals surface area contributed by atoms with E-state index in [1.165, 1.54) is 32.1 Å². The number of anilines is 1. The van der Waals surface area contributed by atoms with E-state index >= 15 is 0 Å². The third kappa shape index (κ3) is 3.35. The van der Waals surface area contributed by atoms with Gasteiger partial charge in [-0.25, -0.2) is 4.98 Å². The SMILES string of the molecule is O=C(c1cnc(N2CCCCC2)c2ccccc12)N1CCCCCC1. The Morgan fingerprint density at radius 2 is 1.40 bits per heavy atom. The number of carbonyl (C=O) groups is 1. The van der Waals surface area contributed by atoms with Crippen molar-refractivity contribution in [2.75, 3.05) is 31.1 Å². The lowest BCUT2D eigenvalue weighted by atomic mass is 10.0. The average Bonchev–Trinajstić information content (AvgIpc) is 2.97. The number of nitrogens with zero attached hydrogens (tertiary/aromatic N) is 3. The van der Waals surface area contributed by atoms with Crippen molar-refractivity contribution in [2.24, 2.45) is 0 Å². The predicted molar refractivity (Wildman–Crippen MR) is 102 cm³/mol. The van der Waals surface area contributed by atoms with Gasteiger partial charge in [-0.3, -0.25) is 4.79 Å². The largest absolute Gasteiger partial charge is 0.356 e. The average molecular weight is 337 g/mol. The Bertz CT molecular complexity index is 744. The summed E-state index contributed by atoms with van der Waals surface area (Å²) < 4.78 is 0. The van der Waals surface area contributed by atoms with E-state index in [2.05, 4.69) is 23.1 Å². The van der Waals surface area contributed by atoms with Gasteiger partial charge in [-0.2, -0.15) is 0 Å². The van der Waals surface area contributed by atoms with Gasteiger partial charge in [-0.05, 0) is 37.5 Å². The Balaban J connectivity index is 1.71. The van der Waals surface area contributed by atoms with E-state index in [9.17, 15) is 4.79 Å². The number of benzene rings is 1. The fourth-order valence-electron chi connectivity index (χ4n) is 4.15. The van der Waals surface area contributed by atoms with Gasteiger partial charge in [0.15, 0.2) is 0 Å². The summed E-state index contributed by atoms with van der Waals surface area (Å²) in [7, 11) is 0. The van der Waals surface area contributed by atoms with Crippen molar-refractivity contribution in [3.8, 4) is 0 Å². The van der Waals surface area contributed by atoms with Crippen LogP contribution in [0.3, 0.4) is 0 Å². The van der Waals surface area contributed by atoms with E-state index in [0.29, 0.717) is 0 Å². The lowest BCUT2D eigenvalue weighted by Crippen LogP contribution is -2.33. The zero-order valence-corrected chi connectivity index (χ0v) is 14.9. The molecule has 0 aliphatic carbocycles. The zero-order valence-electron chi connectivity index (χ0n) is 14.9. The summed E-state index contributed by atoms with van der Waals surface area (Å²) in [6.07, 6.45) is 10.3. The molecule has 0 bridgehead atoms. The molecule has 4 heteroatoms. The molecule has 4 rings (SSSR count). The first-order chi connectivity index (χ1) is 12.3. The molecule has 1 aromatic carbocycles. The van der Waals surface area contributed by atoms with Crippen LogP contribution >= 0.6 is 0 Å². The van der Waals surface area contributed by atoms with Gasteiger partial charge >= 0.3 is 0 Å². The molecule has 0 spiro atoms. The van der Waals surface area contributed by atoms with Gasteiger partial charge in [0.25, 0.3) is 5.91 Å². The van der Waals surface area contributed by atoms with Crippen molar-refractivity contribution in [1.29, 1.82) is 0 Å². The molecular formula is C21H27N3O. The second-order valence-corrected chi connectivity index (χ2v) is 7.30. The van der Waals surface area contributed by atoms with Gasteiger partial charge in [0.1, 0.15) is 5.82 Å². The number of carbonyl (C=O) groups excluding carboxylic acids is 1. The minimum absolute atomic E-state index is 0.149. The Hall–Kier alpha value is -2.10. The highest BCUT2D eigenvalue weighted by molar-refractivity contribution is 6.09. The summed E-state index contributed by atoms with van der Waals surface area (Å²) in [6.45, 7) is 3.88. The molecule has 2 aromatic rings. The normalized spacial score (nSPS) is 19.0. The van der Waals surface area contributed by atoms with Crippen molar-refractivity contribution in [2.45, 2.75) is 44.9 Å². The van der Waals surface area contributed by atoms with Crippen LogP contribution in [0.1, 0.15) is 55.3 Å². The summed E-state index contributed by atoms with van der Waals surface area (Å²) in [6, 6.07) is 8.28. The Morgan fingerprint density at radius 1 is 0.800 bits per heavy atom. The number of pyridine rings is 1. The third-order valence-corrected chi connectivity index (χ3v) is 5.55. The second-order valence-electron chi connectivity index (χ2n) is 7.30. The summed E-state index contributed by atoms with van der Waals surface area (Å²) in [5.74, 6) is 1.19. The summed E-state index contributed by atoms with van der Waals surface area (Å²) in [5.41, 5.74) is 0.762. The van der Waals surface area contributed by atoms with Crippen molar-refractivity contribution < 1.29 is 4.79 Å². The molecule has 2 aliphatic rings. The van der Waals surface area contributed by atoms with Gasteiger partial charge in [0.2, 0.25) is 0 Å². The first-order valence-electron chi connectivity index (χ1n) is 9.76. The molecule has 25 heavy (non-hydrogen) atoms. The van der Waals surface area contributed by atoms with Gasteiger partial charge in [-0.15, -0.1) is 0 Å². The highest BCUT2D eigenvalue weighted by Crippen LogP contribution is 2.30. The number of aromatic nitrogens is 1. The number of amides is 1. The van der Waals surface area contributed by atoms with Crippen LogP contribution in [0.15, 0.2) is 30.5 Å². The fourth-order valence-corrected chi connectivity index (χ4v) is 4.15. The molecule has 1 aromatic heterocycles. The molecule has 4 nitrogen and oxygen atoms in total. The van der Waals surface area contributed by atoms with E-state index in [1.54, 1.807) is 0 Å². The summed E-state index contributed by atoms with van der Waals surface area (Å²) in [5, 5.41) is 2.16. The first kappa shape index (κ1) is 16.4. The van der Waals surface area contributed by atoms with E-state index < -0.39 is 0 Å². The number of likely N-dealkylation sites (tertiary alicyclic amines) is 1.